The van der Waals surface area contributed by atoms with Crippen LogP contribution in [0.1, 0.15) is 23.7 Å². The van der Waals surface area contributed by atoms with E-state index in [0.29, 0.717) is 39.9 Å². The molecule has 4 aromatic rings. The Kier molecular flexibility index (Phi) is 4.59. The third kappa shape index (κ3) is 3.70. The molecule has 1 saturated carbocycles. The number of aromatic nitrogens is 3. The quantitative estimate of drug-likeness (QED) is 0.434. The Bertz CT molecular complexity index is 1350. The summed E-state index contributed by atoms with van der Waals surface area (Å²) in [4.78, 5) is 17.0. The van der Waals surface area contributed by atoms with Gasteiger partial charge in [-0.25, -0.2) is 13.8 Å². The fourth-order valence-electron chi connectivity index (χ4n) is 3.66. The zero-order valence-corrected chi connectivity index (χ0v) is 17.3. The first-order valence-electron chi connectivity index (χ1n) is 9.76. The zero-order valence-electron chi connectivity index (χ0n) is 16.6. The summed E-state index contributed by atoms with van der Waals surface area (Å²) in [5.41, 5.74) is 2.63. The maximum Gasteiger partial charge on any atom is 0.259 e. The summed E-state index contributed by atoms with van der Waals surface area (Å²) in [7, 11) is 1.72. The normalized spacial score (nSPS) is 17.1. The van der Waals surface area contributed by atoms with Crippen molar-refractivity contribution in [2.24, 2.45) is 7.05 Å². The molecule has 0 spiro atoms. The van der Waals surface area contributed by atoms with Gasteiger partial charge in [0.25, 0.3) is 11.5 Å². The van der Waals surface area contributed by atoms with Crippen molar-refractivity contribution in [3.8, 4) is 11.4 Å². The van der Waals surface area contributed by atoms with Gasteiger partial charge in [-0.05, 0) is 42.0 Å². The average molecular weight is 442 g/mol. The van der Waals surface area contributed by atoms with Crippen molar-refractivity contribution in [3.63, 3.8) is 0 Å². The highest BCUT2D eigenvalue weighted by Gasteiger charge is 2.59. The fraction of sp³-hybridized carbons (Fsp3) is 0.217. The van der Waals surface area contributed by atoms with Crippen LogP contribution in [0.4, 0.5) is 8.78 Å². The second-order valence-electron chi connectivity index (χ2n) is 7.71. The van der Waals surface area contributed by atoms with Crippen LogP contribution in [0, 0.1) is 0 Å². The molecule has 158 valence electrons. The predicted octanol–water partition coefficient (Wildman–Crippen LogP) is 5.08. The number of halogens is 3. The molecular weight excluding hydrogens is 424 g/mol. The number of benzene rings is 2. The Balaban J connectivity index is 1.40. The number of hydrogen-bond donors (Lipinski definition) is 0. The highest BCUT2D eigenvalue weighted by molar-refractivity contribution is 6.30. The van der Waals surface area contributed by atoms with E-state index in [9.17, 15) is 13.6 Å². The number of alkyl halides is 2. The van der Waals surface area contributed by atoms with Crippen molar-refractivity contribution in [3.05, 3.63) is 87.6 Å². The summed E-state index contributed by atoms with van der Waals surface area (Å²) < 4.78 is 35.9. The number of imidazole rings is 1. The monoisotopic (exact) mass is 441 g/mol. The maximum absolute atomic E-state index is 13.5. The van der Waals surface area contributed by atoms with Crippen LogP contribution in [0.25, 0.3) is 16.7 Å². The molecule has 2 aromatic carbocycles. The lowest BCUT2D eigenvalue weighted by molar-refractivity contribution is 0.110. The number of hydrogen-bond acceptors (Lipinski definition) is 3. The Morgan fingerprint density at radius 2 is 1.90 bits per heavy atom. The van der Waals surface area contributed by atoms with Crippen LogP contribution < -0.4 is 10.3 Å². The minimum Gasteiger partial charge on any atom is -0.489 e. The summed E-state index contributed by atoms with van der Waals surface area (Å²) >= 11 is 5.88. The first-order valence-corrected chi connectivity index (χ1v) is 10.1. The number of nitrogens with zero attached hydrogens (tertiary/aromatic N) is 3. The van der Waals surface area contributed by atoms with Gasteiger partial charge < -0.3 is 9.30 Å². The topological polar surface area (TPSA) is 49.0 Å². The number of pyridine rings is 1. The molecular formula is C23H18ClF2N3O2. The van der Waals surface area contributed by atoms with Gasteiger partial charge in [0.1, 0.15) is 18.2 Å². The van der Waals surface area contributed by atoms with E-state index in [1.165, 1.54) is 10.6 Å². The lowest BCUT2D eigenvalue weighted by Crippen LogP contribution is -2.16. The number of fused-ring (bicyclic) bond motifs is 1. The molecule has 31 heavy (non-hydrogen) atoms. The van der Waals surface area contributed by atoms with Crippen LogP contribution in [0.15, 0.2) is 65.6 Å². The van der Waals surface area contributed by atoms with E-state index in [1.807, 2.05) is 12.1 Å². The van der Waals surface area contributed by atoms with Gasteiger partial charge in [-0.1, -0.05) is 23.7 Å². The summed E-state index contributed by atoms with van der Waals surface area (Å²) in [5, 5.41) is 0.648. The van der Waals surface area contributed by atoms with E-state index >= 15 is 0 Å². The van der Waals surface area contributed by atoms with Gasteiger partial charge in [-0.3, -0.25) is 9.36 Å². The van der Waals surface area contributed by atoms with Crippen LogP contribution in [0.3, 0.4) is 0 Å². The molecule has 2 heterocycles. The molecule has 5 rings (SSSR count). The summed E-state index contributed by atoms with van der Waals surface area (Å²) in [5.74, 6) is -2.70. The number of ether oxygens (including phenoxy) is 1. The van der Waals surface area contributed by atoms with Gasteiger partial charge in [0, 0.05) is 30.8 Å². The Morgan fingerprint density at radius 3 is 2.58 bits per heavy atom. The molecule has 2 aromatic heterocycles. The molecule has 8 heteroatoms. The van der Waals surface area contributed by atoms with E-state index in [0.717, 1.165) is 5.56 Å². The van der Waals surface area contributed by atoms with E-state index in [2.05, 4.69) is 4.98 Å². The van der Waals surface area contributed by atoms with Gasteiger partial charge in [0.05, 0.1) is 22.6 Å². The highest BCUT2D eigenvalue weighted by atomic mass is 35.5. The largest absolute Gasteiger partial charge is 0.489 e. The van der Waals surface area contributed by atoms with E-state index in [4.69, 9.17) is 16.3 Å². The van der Waals surface area contributed by atoms with E-state index in [1.54, 1.807) is 54.2 Å². The van der Waals surface area contributed by atoms with Crippen LogP contribution in [0.5, 0.6) is 5.75 Å². The van der Waals surface area contributed by atoms with Gasteiger partial charge in [0.2, 0.25) is 0 Å². The van der Waals surface area contributed by atoms with Crippen molar-refractivity contribution in [1.82, 2.24) is 14.1 Å². The van der Waals surface area contributed by atoms with E-state index < -0.39 is 11.8 Å². The van der Waals surface area contributed by atoms with Gasteiger partial charge in [-0.2, -0.15) is 0 Å². The summed E-state index contributed by atoms with van der Waals surface area (Å²) in [6, 6.07) is 15.7. The molecule has 0 radical (unpaired) electrons. The van der Waals surface area contributed by atoms with Crippen LogP contribution >= 0.6 is 11.6 Å². The van der Waals surface area contributed by atoms with Crippen LogP contribution in [-0.4, -0.2) is 20.0 Å². The third-order valence-corrected chi connectivity index (χ3v) is 5.78. The first-order chi connectivity index (χ1) is 14.8. The molecule has 1 aliphatic carbocycles. The lowest BCUT2D eigenvalue weighted by Gasteiger charge is -2.10. The van der Waals surface area contributed by atoms with Crippen molar-refractivity contribution in [1.29, 1.82) is 0 Å². The molecule has 0 bridgehead atoms. The molecule has 0 aliphatic heterocycles. The second-order valence-corrected chi connectivity index (χ2v) is 8.14. The molecule has 1 fully saturated rings. The number of aryl methyl sites for hydroxylation is 1. The predicted molar refractivity (Wildman–Crippen MR) is 114 cm³/mol. The van der Waals surface area contributed by atoms with Gasteiger partial charge >= 0.3 is 0 Å². The van der Waals surface area contributed by atoms with Gasteiger partial charge in [-0.15, -0.1) is 0 Å². The Labute approximate surface area is 181 Å². The minimum atomic E-state index is -2.68. The standard InChI is InChI=1S/C23H18ClF2N3O2/c1-28-20-10-16(6-7-19(20)27-22(28)18-12-23(18,25)26)29-9-8-17(11-21(29)30)31-13-14-2-4-15(24)5-3-14/h2-11,18H,12-13H2,1H3. The SMILES string of the molecule is Cn1c(C2CC2(F)F)nc2ccc(-n3ccc(OCc4ccc(Cl)cc4)cc3=O)cc21. The molecule has 5 nitrogen and oxygen atoms in total. The Hall–Kier alpha value is -3.19. The minimum absolute atomic E-state index is 0.173. The second kappa shape index (κ2) is 7.20. The lowest BCUT2D eigenvalue weighted by atomic mass is 10.2. The highest BCUT2D eigenvalue weighted by Crippen LogP contribution is 2.55. The van der Waals surface area contributed by atoms with Crippen molar-refractivity contribution in [2.75, 3.05) is 0 Å². The molecule has 1 atom stereocenters. The summed E-state index contributed by atoms with van der Waals surface area (Å²) in [6.45, 7) is 0.316. The molecule has 0 amide bonds. The zero-order chi connectivity index (χ0) is 21.8. The third-order valence-electron chi connectivity index (χ3n) is 5.52. The molecule has 1 aliphatic rings. The number of rotatable bonds is 5. The molecule has 1 unspecified atom stereocenters. The molecule has 0 N–H and O–H groups in total. The summed E-state index contributed by atoms with van der Waals surface area (Å²) in [6.07, 6.45) is 1.46. The maximum atomic E-state index is 13.5. The van der Waals surface area contributed by atoms with Gasteiger partial charge in [0.15, 0.2) is 0 Å². The first kappa shape index (κ1) is 19.8. The average Bonchev–Trinajstić information content (AvgIpc) is 3.26. The smallest absolute Gasteiger partial charge is 0.259 e. The van der Waals surface area contributed by atoms with E-state index in [-0.39, 0.29) is 12.0 Å². The fourth-order valence-corrected chi connectivity index (χ4v) is 3.79. The molecule has 0 saturated heterocycles. The van der Waals surface area contributed by atoms with Crippen LogP contribution in [0.2, 0.25) is 5.02 Å². The van der Waals surface area contributed by atoms with Crippen LogP contribution in [-0.2, 0) is 13.7 Å². The Morgan fingerprint density at radius 1 is 1.16 bits per heavy atom. The van der Waals surface area contributed by atoms with Crippen molar-refractivity contribution >= 4 is 22.6 Å². The van der Waals surface area contributed by atoms with Crippen molar-refractivity contribution in [2.45, 2.75) is 24.9 Å². The van der Waals surface area contributed by atoms with Crippen molar-refractivity contribution < 1.29 is 13.5 Å².